The number of hydrogen-bond donors (Lipinski definition) is 3. The van der Waals surface area contributed by atoms with Gasteiger partial charge < -0.3 is 20.1 Å². The molecule has 0 bridgehead atoms. The number of methoxy groups -OCH3 is 1. The van der Waals surface area contributed by atoms with Crippen LogP contribution in [0.4, 0.5) is 0 Å². The largest absolute Gasteiger partial charge is 0.507 e. The highest BCUT2D eigenvalue weighted by Gasteiger charge is 2.29. The van der Waals surface area contributed by atoms with Crippen LogP contribution >= 0.6 is 0 Å². The van der Waals surface area contributed by atoms with Gasteiger partial charge in [0, 0.05) is 6.07 Å². The molecule has 0 aliphatic heterocycles. The van der Waals surface area contributed by atoms with Gasteiger partial charge in [-0.25, -0.2) is 4.79 Å². The molecule has 6 heteroatoms. The number of carboxylic acid groups (broad SMARTS) is 2. The van der Waals surface area contributed by atoms with Gasteiger partial charge in [0.25, 0.3) is 0 Å². The lowest BCUT2D eigenvalue weighted by Crippen LogP contribution is -2.26. The van der Waals surface area contributed by atoms with Gasteiger partial charge in [-0.15, -0.1) is 0 Å². The van der Waals surface area contributed by atoms with E-state index in [9.17, 15) is 14.7 Å². The minimum absolute atomic E-state index is 0.0894. The summed E-state index contributed by atoms with van der Waals surface area (Å²) < 4.78 is 5.04. The lowest BCUT2D eigenvalue weighted by Gasteiger charge is -2.21. The zero-order chi connectivity index (χ0) is 14.8. The standard InChI is InChI=1S/C13H16O6/c1-13(2,12(17)18)6-7-4-8(11(15)16)9(14)5-10(7)19-3/h4-5,14H,6H2,1-3H3,(H,15,16)(H,17,18). The van der Waals surface area contributed by atoms with Crippen molar-refractivity contribution in [3.63, 3.8) is 0 Å². The molecular weight excluding hydrogens is 252 g/mol. The summed E-state index contributed by atoms with van der Waals surface area (Å²) in [5.41, 5.74) is -0.929. The van der Waals surface area contributed by atoms with Crippen LogP contribution in [0, 0.1) is 5.41 Å². The Bertz CT molecular complexity index is 518. The van der Waals surface area contributed by atoms with Gasteiger partial charge in [0.15, 0.2) is 0 Å². The van der Waals surface area contributed by atoms with Crippen LogP contribution in [0.2, 0.25) is 0 Å². The molecular formula is C13H16O6. The summed E-state index contributed by atoms with van der Waals surface area (Å²) in [5, 5.41) is 27.6. The fourth-order valence-corrected chi connectivity index (χ4v) is 1.67. The second kappa shape index (κ2) is 5.17. The number of benzene rings is 1. The predicted molar refractivity (Wildman–Crippen MR) is 66.7 cm³/mol. The third kappa shape index (κ3) is 3.15. The molecule has 3 N–H and O–H groups in total. The number of carbonyl (C=O) groups is 2. The fourth-order valence-electron chi connectivity index (χ4n) is 1.67. The molecule has 0 fully saturated rings. The van der Waals surface area contributed by atoms with Gasteiger partial charge in [0.05, 0.1) is 12.5 Å². The van der Waals surface area contributed by atoms with Crippen molar-refractivity contribution in [2.75, 3.05) is 7.11 Å². The van der Waals surface area contributed by atoms with Crippen LogP contribution in [-0.4, -0.2) is 34.4 Å². The molecule has 0 amide bonds. The van der Waals surface area contributed by atoms with Crippen LogP contribution in [0.5, 0.6) is 11.5 Å². The molecule has 0 atom stereocenters. The van der Waals surface area contributed by atoms with Crippen molar-refractivity contribution in [3.05, 3.63) is 23.3 Å². The maximum absolute atomic E-state index is 11.1. The van der Waals surface area contributed by atoms with Crippen molar-refractivity contribution in [2.45, 2.75) is 20.3 Å². The van der Waals surface area contributed by atoms with Crippen LogP contribution < -0.4 is 4.74 Å². The monoisotopic (exact) mass is 268 g/mol. The van der Waals surface area contributed by atoms with Gasteiger partial charge >= 0.3 is 11.9 Å². The second-order valence-corrected chi connectivity index (χ2v) is 4.85. The maximum atomic E-state index is 11.1. The normalized spacial score (nSPS) is 11.1. The summed E-state index contributed by atoms with van der Waals surface area (Å²) in [4.78, 5) is 22.1. The van der Waals surface area contributed by atoms with E-state index in [1.54, 1.807) is 0 Å². The Morgan fingerprint density at radius 1 is 1.26 bits per heavy atom. The SMILES string of the molecule is COc1cc(O)c(C(=O)O)cc1CC(C)(C)C(=O)O. The van der Waals surface area contributed by atoms with E-state index in [2.05, 4.69) is 0 Å². The van der Waals surface area contributed by atoms with Crippen molar-refractivity contribution in [3.8, 4) is 11.5 Å². The van der Waals surface area contributed by atoms with E-state index in [-0.39, 0.29) is 17.7 Å². The molecule has 19 heavy (non-hydrogen) atoms. The molecule has 0 spiro atoms. The maximum Gasteiger partial charge on any atom is 0.339 e. The first-order valence-corrected chi connectivity index (χ1v) is 5.55. The number of aliphatic carboxylic acids is 1. The first-order valence-electron chi connectivity index (χ1n) is 5.55. The minimum Gasteiger partial charge on any atom is -0.507 e. The van der Waals surface area contributed by atoms with Gasteiger partial charge in [-0.05, 0) is 31.9 Å². The molecule has 1 aromatic rings. The van der Waals surface area contributed by atoms with Gasteiger partial charge in [0.2, 0.25) is 0 Å². The minimum atomic E-state index is -1.28. The fraction of sp³-hybridized carbons (Fsp3) is 0.385. The van der Waals surface area contributed by atoms with Crippen molar-refractivity contribution >= 4 is 11.9 Å². The first-order chi connectivity index (χ1) is 8.69. The Hall–Kier alpha value is -2.24. The second-order valence-electron chi connectivity index (χ2n) is 4.85. The Kier molecular flexibility index (Phi) is 4.04. The number of phenols is 1. The highest BCUT2D eigenvalue weighted by atomic mass is 16.5. The zero-order valence-electron chi connectivity index (χ0n) is 10.9. The van der Waals surface area contributed by atoms with Crippen LogP contribution in [0.25, 0.3) is 0 Å². The number of rotatable bonds is 5. The van der Waals surface area contributed by atoms with E-state index in [1.165, 1.54) is 33.1 Å². The zero-order valence-corrected chi connectivity index (χ0v) is 10.9. The summed E-state index contributed by atoms with van der Waals surface area (Å²) in [7, 11) is 1.37. The molecule has 104 valence electrons. The summed E-state index contributed by atoms with van der Waals surface area (Å²) in [6, 6.07) is 2.41. The highest BCUT2D eigenvalue weighted by molar-refractivity contribution is 5.91. The summed E-state index contributed by atoms with van der Waals surface area (Å²) in [5.74, 6) is -2.44. The van der Waals surface area contributed by atoms with Crippen LogP contribution in [0.3, 0.4) is 0 Å². The van der Waals surface area contributed by atoms with E-state index in [0.29, 0.717) is 5.56 Å². The van der Waals surface area contributed by atoms with E-state index in [4.69, 9.17) is 14.9 Å². The third-order valence-electron chi connectivity index (χ3n) is 2.84. The molecule has 0 saturated heterocycles. The lowest BCUT2D eigenvalue weighted by atomic mass is 9.85. The van der Waals surface area contributed by atoms with Crippen LogP contribution in [0.15, 0.2) is 12.1 Å². The molecule has 0 unspecified atom stereocenters. The molecule has 1 aromatic carbocycles. The smallest absolute Gasteiger partial charge is 0.339 e. The topological polar surface area (TPSA) is 104 Å². The van der Waals surface area contributed by atoms with Gasteiger partial charge in [-0.3, -0.25) is 4.79 Å². The van der Waals surface area contributed by atoms with Crippen LogP contribution in [0.1, 0.15) is 29.8 Å². The van der Waals surface area contributed by atoms with E-state index < -0.39 is 23.1 Å². The molecule has 0 saturated carbocycles. The van der Waals surface area contributed by atoms with Crippen molar-refractivity contribution in [2.24, 2.45) is 5.41 Å². The van der Waals surface area contributed by atoms with Crippen molar-refractivity contribution in [1.82, 2.24) is 0 Å². The number of hydrogen-bond acceptors (Lipinski definition) is 4. The Morgan fingerprint density at radius 2 is 1.84 bits per heavy atom. The Morgan fingerprint density at radius 3 is 2.26 bits per heavy atom. The molecule has 0 heterocycles. The predicted octanol–water partition coefficient (Wildman–Crippen LogP) is 1.75. The molecule has 1 rings (SSSR count). The van der Waals surface area contributed by atoms with Gasteiger partial charge in [-0.2, -0.15) is 0 Å². The first kappa shape index (κ1) is 14.8. The number of aromatic hydroxyl groups is 1. The van der Waals surface area contributed by atoms with Crippen molar-refractivity contribution in [1.29, 1.82) is 0 Å². The van der Waals surface area contributed by atoms with E-state index in [0.717, 1.165) is 0 Å². The summed E-state index contributed by atoms with van der Waals surface area (Å²) >= 11 is 0. The molecule has 0 radical (unpaired) electrons. The summed E-state index contributed by atoms with van der Waals surface area (Å²) in [6.45, 7) is 3.06. The van der Waals surface area contributed by atoms with Crippen LogP contribution in [-0.2, 0) is 11.2 Å². The average Bonchev–Trinajstić information content (AvgIpc) is 2.29. The number of aromatic carboxylic acids is 1. The average molecular weight is 268 g/mol. The van der Waals surface area contributed by atoms with Gasteiger partial charge in [-0.1, -0.05) is 0 Å². The van der Waals surface area contributed by atoms with Crippen molar-refractivity contribution < 1.29 is 29.6 Å². The summed E-state index contributed by atoms with van der Waals surface area (Å²) in [6.07, 6.45) is 0.0894. The quantitative estimate of drug-likeness (QED) is 0.751. The van der Waals surface area contributed by atoms with E-state index >= 15 is 0 Å². The Balaban J connectivity index is 3.29. The van der Waals surface area contributed by atoms with Gasteiger partial charge in [0.1, 0.15) is 17.1 Å². The molecule has 0 aliphatic rings. The highest BCUT2D eigenvalue weighted by Crippen LogP contribution is 2.33. The molecule has 0 aromatic heterocycles. The molecule has 0 aliphatic carbocycles. The number of ether oxygens (including phenoxy) is 1. The van der Waals surface area contributed by atoms with E-state index in [1.807, 2.05) is 0 Å². The lowest BCUT2D eigenvalue weighted by molar-refractivity contribution is -0.146. The Labute approximate surface area is 110 Å². The number of carboxylic acids is 2. The third-order valence-corrected chi connectivity index (χ3v) is 2.84. The molecule has 6 nitrogen and oxygen atoms in total.